The summed E-state index contributed by atoms with van der Waals surface area (Å²) >= 11 is 0. The van der Waals surface area contributed by atoms with E-state index in [-0.39, 0.29) is 0 Å². The normalized spacial score (nSPS) is 12.6. The Morgan fingerprint density at radius 3 is 2.89 bits per heavy atom. The van der Waals surface area contributed by atoms with Gasteiger partial charge < -0.3 is 5.11 Å². The zero-order valence-electron chi connectivity index (χ0n) is 5.72. The van der Waals surface area contributed by atoms with Gasteiger partial charge in [0.25, 0.3) is 0 Å². The average molecular weight is 127 g/mol. The van der Waals surface area contributed by atoms with Crippen molar-refractivity contribution < 1.29 is 5.11 Å². The van der Waals surface area contributed by atoms with Crippen LogP contribution in [-0.4, -0.2) is 17.9 Å². The van der Waals surface area contributed by atoms with Crippen LogP contribution >= 0.6 is 0 Å². The standard InChI is InChI=1S/C7H13NO/c1-3-5-6-8-7(9)4-2/h2,7-9H,3,5-6H2,1H3. The smallest absolute Gasteiger partial charge is 0.168 e. The largest absolute Gasteiger partial charge is 0.367 e. The zero-order valence-corrected chi connectivity index (χ0v) is 5.72. The third-order valence-electron chi connectivity index (χ3n) is 1.03. The predicted octanol–water partition coefficient (Wildman–Crippen LogP) is 0.328. The van der Waals surface area contributed by atoms with Crippen LogP contribution < -0.4 is 5.32 Å². The number of rotatable bonds is 4. The Morgan fingerprint density at radius 2 is 2.44 bits per heavy atom. The van der Waals surface area contributed by atoms with Crippen LogP contribution in [-0.2, 0) is 0 Å². The molecule has 0 aromatic heterocycles. The van der Waals surface area contributed by atoms with Gasteiger partial charge in [-0.05, 0) is 13.0 Å². The summed E-state index contributed by atoms with van der Waals surface area (Å²) in [5, 5.41) is 11.5. The summed E-state index contributed by atoms with van der Waals surface area (Å²) < 4.78 is 0. The molecule has 2 nitrogen and oxygen atoms in total. The molecule has 1 unspecified atom stereocenters. The number of aliphatic hydroxyl groups excluding tert-OH is 1. The molecule has 9 heavy (non-hydrogen) atoms. The van der Waals surface area contributed by atoms with Crippen LogP contribution in [0.15, 0.2) is 0 Å². The first-order valence-corrected chi connectivity index (χ1v) is 3.18. The monoisotopic (exact) mass is 127 g/mol. The van der Waals surface area contributed by atoms with E-state index in [1.165, 1.54) is 0 Å². The highest BCUT2D eigenvalue weighted by molar-refractivity contribution is 4.91. The molecule has 2 heteroatoms. The Labute approximate surface area is 56.3 Å². The minimum atomic E-state index is -0.767. The van der Waals surface area contributed by atoms with Gasteiger partial charge in [0.05, 0.1) is 0 Å². The van der Waals surface area contributed by atoms with E-state index in [4.69, 9.17) is 11.5 Å². The Hall–Kier alpha value is -0.520. The topological polar surface area (TPSA) is 32.3 Å². The third-order valence-corrected chi connectivity index (χ3v) is 1.03. The minimum Gasteiger partial charge on any atom is -0.367 e. The number of nitrogens with one attached hydrogen (secondary N) is 1. The van der Waals surface area contributed by atoms with Gasteiger partial charge in [-0.25, -0.2) is 0 Å². The molecule has 0 bridgehead atoms. The van der Waals surface area contributed by atoms with E-state index in [0.717, 1.165) is 19.4 Å². The Bertz CT molecular complexity index is 95.6. The molecule has 0 heterocycles. The summed E-state index contributed by atoms with van der Waals surface area (Å²) in [4.78, 5) is 0. The second kappa shape index (κ2) is 5.61. The van der Waals surface area contributed by atoms with Crippen LogP contribution in [0.1, 0.15) is 19.8 Å². The van der Waals surface area contributed by atoms with Crippen molar-refractivity contribution in [1.29, 1.82) is 0 Å². The summed E-state index contributed by atoms with van der Waals surface area (Å²) in [7, 11) is 0. The SMILES string of the molecule is C#CC(O)NCCCC. The van der Waals surface area contributed by atoms with Crippen LogP contribution in [0.3, 0.4) is 0 Å². The number of unbranched alkanes of at least 4 members (excludes halogenated alkanes) is 1. The molecule has 1 atom stereocenters. The fourth-order valence-corrected chi connectivity index (χ4v) is 0.474. The summed E-state index contributed by atoms with van der Waals surface area (Å²) in [6.45, 7) is 2.88. The van der Waals surface area contributed by atoms with Crippen molar-refractivity contribution in [2.45, 2.75) is 26.0 Å². The number of hydrogen-bond acceptors (Lipinski definition) is 2. The van der Waals surface area contributed by atoms with Gasteiger partial charge in [-0.3, -0.25) is 5.32 Å². The maximum atomic E-state index is 8.74. The zero-order chi connectivity index (χ0) is 7.11. The average Bonchev–Trinajstić information content (AvgIpc) is 1.89. The molecule has 0 aliphatic heterocycles. The lowest BCUT2D eigenvalue weighted by Gasteiger charge is -2.03. The van der Waals surface area contributed by atoms with Crippen molar-refractivity contribution in [3.63, 3.8) is 0 Å². The van der Waals surface area contributed by atoms with E-state index >= 15 is 0 Å². The molecule has 2 N–H and O–H groups in total. The molecule has 0 aliphatic carbocycles. The highest BCUT2D eigenvalue weighted by Crippen LogP contribution is 1.82. The van der Waals surface area contributed by atoms with Crippen LogP contribution in [0.5, 0.6) is 0 Å². The first-order valence-electron chi connectivity index (χ1n) is 3.18. The van der Waals surface area contributed by atoms with E-state index in [2.05, 4.69) is 18.2 Å². The van der Waals surface area contributed by atoms with E-state index in [9.17, 15) is 0 Å². The number of terminal acetylenes is 1. The van der Waals surface area contributed by atoms with E-state index < -0.39 is 6.23 Å². The van der Waals surface area contributed by atoms with Crippen LogP contribution in [0.25, 0.3) is 0 Å². The first-order chi connectivity index (χ1) is 4.31. The first kappa shape index (κ1) is 8.48. The van der Waals surface area contributed by atoms with Crippen LogP contribution in [0.2, 0.25) is 0 Å². The second-order valence-corrected chi connectivity index (χ2v) is 1.88. The minimum absolute atomic E-state index is 0.767. The van der Waals surface area contributed by atoms with Crippen molar-refractivity contribution in [3.8, 4) is 12.3 Å². The van der Waals surface area contributed by atoms with Gasteiger partial charge in [0.2, 0.25) is 0 Å². The maximum Gasteiger partial charge on any atom is 0.168 e. The molecule has 0 fully saturated rings. The van der Waals surface area contributed by atoms with Gasteiger partial charge in [0.15, 0.2) is 6.23 Å². The maximum absolute atomic E-state index is 8.74. The molecular formula is C7H13NO. The van der Waals surface area contributed by atoms with E-state index in [1.54, 1.807) is 0 Å². The van der Waals surface area contributed by atoms with Gasteiger partial charge in [-0.2, -0.15) is 0 Å². The molecule has 0 aromatic rings. The number of hydrogen-bond donors (Lipinski definition) is 2. The lowest BCUT2D eigenvalue weighted by atomic mass is 10.3. The Morgan fingerprint density at radius 1 is 1.78 bits per heavy atom. The molecule has 0 radical (unpaired) electrons. The summed E-state index contributed by atoms with van der Waals surface area (Å²) in [6, 6.07) is 0. The van der Waals surface area contributed by atoms with Crippen molar-refractivity contribution in [3.05, 3.63) is 0 Å². The molecule has 0 rings (SSSR count). The van der Waals surface area contributed by atoms with Crippen molar-refractivity contribution in [2.75, 3.05) is 6.54 Å². The van der Waals surface area contributed by atoms with Crippen LogP contribution in [0.4, 0.5) is 0 Å². The second-order valence-electron chi connectivity index (χ2n) is 1.88. The lowest BCUT2D eigenvalue weighted by Crippen LogP contribution is -2.27. The quantitative estimate of drug-likeness (QED) is 0.324. The van der Waals surface area contributed by atoms with Gasteiger partial charge in [-0.15, -0.1) is 6.42 Å². The third kappa shape index (κ3) is 5.35. The van der Waals surface area contributed by atoms with Gasteiger partial charge in [-0.1, -0.05) is 19.3 Å². The molecule has 0 spiro atoms. The van der Waals surface area contributed by atoms with Gasteiger partial charge >= 0.3 is 0 Å². The molecule has 0 amide bonds. The molecule has 0 aromatic carbocycles. The summed E-state index contributed by atoms with van der Waals surface area (Å²) in [5.41, 5.74) is 0. The number of aliphatic hydroxyl groups is 1. The molecule has 0 saturated carbocycles. The van der Waals surface area contributed by atoms with Crippen LogP contribution in [0, 0.1) is 12.3 Å². The van der Waals surface area contributed by atoms with Crippen molar-refractivity contribution in [1.82, 2.24) is 5.32 Å². The molecule has 0 saturated heterocycles. The fraction of sp³-hybridized carbons (Fsp3) is 0.714. The Balaban J connectivity index is 2.99. The molecular weight excluding hydrogens is 114 g/mol. The molecule has 0 aliphatic rings. The summed E-state index contributed by atoms with van der Waals surface area (Å²) in [6.07, 6.45) is 6.29. The fourth-order valence-electron chi connectivity index (χ4n) is 0.474. The highest BCUT2D eigenvalue weighted by Gasteiger charge is 1.92. The predicted molar refractivity (Wildman–Crippen MR) is 37.8 cm³/mol. The summed E-state index contributed by atoms with van der Waals surface area (Å²) in [5.74, 6) is 2.17. The Kier molecular flexibility index (Phi) is 5.29. The van der Waals surface area contributed by atoms with Crippen molar-refractivity contribution >= 4 is 0 Å². The van der Waals surface area contributed by atoms with Crippen molar-refractivity contribution in [2.24, 2.45) is 0 Å². The van der Waals surface area contributed by atoms with Gasteiger partial charge in [0.1, 0.15) is 0 Å². The highest BCUT2D eigenvalue weighted by atomic mass is 16.3. The van der Waals surface area contributed by atoms with E-state index in [0.29, 0.717) is 0 Å². The lowest BCUT2D eigenvalue weighted by molar-refractivity contribution is 0.194. The van der Waals surface area contributed by atoms with E-state index in [1.807, 2.05) is 0 Å². The molecule has 52 valence electrons. The van der Waals surface area contributed by atoms with Gasteiger partial charge in [0, 0.05) is 0 Å².